The Labute approximate surface area is 257 Å². The van der Waals surface area contributed by atoms with Crippen LogP contribution in [0.15, 0.2) is 60.7 Å². The van der Waals surface area contributed by atoms with Crippen LogP contribution in [-0.2, 0) is 25.7 Å². The zero-order chi connectivity index (χ0) is 30.2. The molecule has 5 aliphatic heterocycles. The first-order chi connectivity index (χ1) is 21.3. The van der Waals surface area contributed by atoms with E-state index in [1.807, 2.05) is 36.4 Å². The molecule has 9 rings (SSSR count). The number of hydroxylamine groups is 3. The van der Waals surface area contributed by atoms with Crippen LogP contribution in [-0.4, -0.2) is 51.0 Å². The second-order valence-corrected chi connectivity index (χ2v) is 12.6. The number of hydrogen-bond donors (Lipinski definition) is 0. The van der Waals surface area contributed by atoms with Crippen LogP contribution in [0, 0.1) is 5.21 Å². The number of fused-ring (bicyclic) bond motifs is 2. The summed E-state index contributed by atoms with van der Waals surface area (Å²) in [6, 6.07) is 20.1. The minimum Gasteiger partial charge on any atom is -0.633 e. The highest BCUT2D eigenvalue weighted by atomic mass is 16.6. The Bertz CT molecular complexity index is 1780. The first-order valence-corrected chi connectivity index (χ1v) is 15.3. The smallest absolute Gasteiger partial charge is 0.212 e. The quantitative estimate of drug-likeness (QED) is 0.158. The lowest BCUT2D eigenvalue weighted by Crippen LogP contribution is -2.47. The van der Waals surface area contributed by atoms with Crippen LogP contribution >= 0.6 is 0 Å². The third kappa shape index (κ3) is 4.39. The van der Waals surface area contributed by atoms with Crippen molar-refractivity contribution in [3.63, 3.8) is 0 Å². The highest BCUT2D eigenvalue weighted by molar-refractivity contribution is 5.67. The molecule has 4 aromatic rings. The van der Waals surface area contributed by atoms with Gasteiger partial charge in [0.2, 0.25) is 5.75 Å². The van der Waals surface area contributed by atoms with Crippen molar-refractivity contribution in [1.29, 1.82) is 0 Å². The summed E-state index contributed by atoms with van der Waals surface area (Å²) in [6.45, 7) is 1.40. The molecule has 7 bridgehead atoms. The minimum atomic E-state index is -0.372. The maximum absolute atomic E-state index is 14.0. The molecule has 0 saturated carbocycles. The fraction of sp³-hybridized carbons (Fsp3) is 0.333. The Morgan fingerprint density at radius 1 is 0.773 bits per heavy atom. The highest BCUT2D eigenvalue weighted by Gasteiger charge is 2.39. The monoisotopic (exact) mass is 592 g/mol. The molecule has 8 nitrogen and oxygen atoms in total. The molecule has 226 valence electrons. The van der Waals surface area contributed by atoms with Crippen molar-refractivity contribution in [2.24, 2.45) is 0 Å². The van der Waals surface area contributed by atoms with Gasteiger partial charge in [0.05, 0.1) is 27.8 Å². The summed E-state index contributed by atoms with van der Waals surface area (Å²) in [4.78, 5) is 2.39. The molecule has 3 atom stereocenters. The number of rotatable bonds is 2. The third-order valence-electron chi connectivity index (χ3n) is 9.86. The number of methoxy groups -OCH3 is 2. The van der Waals surface area contributed by atoms with Crippen molar-refractivity contribution in [2.75, 3.05) is 41.4 Å². The molecule has 5 heterocycles. The first kappa shape index (κ1) is 27.3. The molecule has 0 saturated heterocycles. The zero-order valence-corrected chi connectivity index (χ0v) is 25.5. The van der Waals surface area contributed by atoms with Gasteiger partial charge in [-0.05, 0) is 84.6 Å². The molecule has 0 radical (unpaired) electrons. The fourth-order valence-corrected chi connectivity index (χ4v) is 7.35. The van der Waals surface area contributed by atoms with Crippen LogP contribution in [0.4, 0.5) is 0 Å². The molecule has 0 aliphatic carbocycles. The summed E-state index contributed by atoms with van der Waals surface area (Å²) in [6.07, 6.45) is 2.87. The van der Waals surface area contributed by atoms with E-state index in [0.29, 0.717) is 59.6 Å². The largest absolute Gasteiger partial charge is 0.633 e. The number of nitrogens with zero attached hydrogens (tertiary/aromatic N) is 2. The van der Waals surface area contributed by atoms with Crippen molar-refractivity contribution in [3.8, 4) is 46.0 Å². The standard InChI is InChI=1S/C36H36N2O6/c1-37-13-11-24-19-33(41-4)35-36-34(24)27(37)15-21-5-8-25(9-6-21)42-30-17-22(7-10-29(30)40-3)16-28-26-20-32(44-36)31(43-35)18-23(26)12-14-38(28,2)39/h5-10,17-20,27-28H,11-16H2,1-4H3/t27?,28-,38?/m0/s1. The van der Waals surface area contributed by atoms with Crippen LogP contribution in [0.2, 0.25) is 0 Å². The van der Waals surface area contributed by atoms with Crippen LogP contribution in [0.5, 0.6) is 46.0 Å². The van der Waals surface area contributed by atoms with Crippen molar-refractivity contribution in [3.05, 3.63) is 99.3 Å². The Kier molecular flexibility index (Phi) is 6.31. The molecule has 4 aromatic carbocycles. The van der Waals surface area contributed by atoms with Gasteiger partial charge in [0.15, 0.2) is 34.5 Å². The average Bonchev–Trinajstić information content (AvgIpc) is 3.02. The van der Waals surface area contributed by atoms with Gasteiger partial charge in [0.1, 0.15) is 11.8 Å². The van der Waals surface area contributed by atoms with Crippen molar-refractivity contribution in [1.82, 2.24) is 4.90 Å². The van der Waals surface area contributed by atoms with Gasteiger partial charge in [0, 0.05) is 36.6 Å². The third-order valence-corrected chi connectivity index (χ3v) is 9.86. The second-order valence-electron chi connectivity index (χ2n) is 12.6. The van der Waals surface area contributed by atoms with E-state index in [1.54, 1.807) is 21.3 Å². The Balaban J connectivity index is 1.34. The van der Waals surface area contributed by atoms with E-state index < -0.39 is 0 Å². The second kappa shape index (κ2) is 10.2. The molecule has 0 fully saturated rings. The molecule has 2 unspecified atom stereocenters. The first-order valence-electron chi connectivity index (χ1n) is 15.3. The molecular formula is C36H36N2O6. The van der Waals surface area contributed by atoms with Crippen molar-refractivity contribution < 1.29 is 28.3 Å². The summed E-state index contributed by atoms with van der Waals surface area (Å²) in [5, 5.41) is 14.0. The molecular weight excluding hydrogens is 556 g/mol. The van der Waals surface area contributed by atoms with Gasteiger partial charge in [-0.25, -0.2) is 0 Å². The molecule has 44 heavy (non-hydrogen) atoms. The maximum atomic E-state index is 14.0. The van der Waals surface area contributed by atoms with E-state index in [9.17, 15) is 5.21 Å². The SMILES string of the molecule is COc1ccc2cc1Oc1ccc(cc1)CC1c3c(cc(OC)c4c3Oc3cc5c(cc3O4)CC[N+](C)([O-])[C@H]5C2)CCN1C. The van der Waals surface area contributed by atoms with Crippen molar-refractivity contribution >= 4 is 0 Å². The summed E-state index contributed by atoms with van der Waals surface area (Å²) in [5.41, 5.74) is 6.63. The number of benzene rings is 4. The fourth-order valence-electron chi connectivity index (χ4n) is 7.35. The molecule has 8 heteroatoms. The molecule has 5 aliphatic rings. The number of quaternary nitrogens is 1. The summed E-state index contributed by atoms with van der Waals surface area (Å²) in [5.74, 6) is 5.28. The normalized spacial score (nSPS) is 23.1. The Hall–Kier alpha value is -4.24. The van der Waals surface area contributed by atoms with E-state index in [2.05, 4.69) is 36.2 Å². The minimum absolute atomic E-state index is 0.0676. The Morgan fingerprint density at radius 3 is 2.32 bits per heavy atom. The van der Waals surface area contributed by atoms with Crippen LogP contribution < -0.4 is 23.7 Å². The molecule has 0 amide bonds. The number of ether oxygens (including phenoxy) is 5. The van der Waals surface area contributed by atoms with Gasteiger partial charge in [-0.2, -0.15) is 0 Å². The van der Waals surface area contributed by atoms with Crippen LogP contribution in [0.25, 0.3) is 0 Å². The number of hydrogen-bond acceptors (Lipinski definition) is 7. The summed E-state index contributed by atoms with van der Waals surface area (Å²) < 4.78 is 31.0. The highest BCUT2D eigenvalue weighted by Crippen LogP contribution is 2.57. The predicted molar refractivity (Wildman–Crippen MR) is 166 cm³/mol. The number of likely N-dealkylation sites (N-methyl/N-ethyl adjacent to an activating group) is 2. The lowest BCUT2D eigenvalue weighted by Gasteiger charge is -2.49. The van der Waals surface area contributed by atoms with Gasteiger partial charge < -0.3 is 33.5 Å². The maximum Gasteiger partial charge on any atom is 0.212 e. The zero-order valence-electron chi connectivity index (χ0n) is 25.5. The van der Waals surface area contributed by atoms with Crippen LogP contribution in [0.3, 0.4) is 0 Å². The molecule has 0 N–H and O–H groups in total. The van der Waals surface area contributed by atoms with Gasteiger partial charge in [-0.1, -0.05) is 18.2 Å². The van der Waals surface area contributed by atoms with E-state index >= 15 is 0 Å². The van der Waals surface area contributed by atoms with E-state index in [4.69, 9.17) is 23.7 Å². The van der Waals surface area contributed by atoms with Gasteiger partial charge in [-0.15, -0.1) is 0 Å². The van der Waals surface area contributed by atoms with Gasteiger partial charge >= 0.3 is 0 Å². The lowest BCUT2D eigenvalue weighted by molar-refractivity contribution is -0.894. The van der Waals surface area contributed by atoms with Gasteiger partial charge in [0.25, 0.3) is 0 Å². The van der Waals surface area contributed by atoms with Crippen molar-refractivity contribution in [2.45, 2.75) is 37.8 Å². The topological polar surface area (TPSA) is 72.5 Å². The van der Waals surface area contributed by atoms with E-state index in [0.717, 1.165) is 47.4 Å². The van der Waals surface area contributed by atoms with E-state index in [1.165, 1.54) is 11.1 Å². The lowest BCUT2D eigenvalue weighted by atomic mass is 9.86. The predicted octanol–water partition coefficient (Wildman–Crippen LogP) is 7.26. The van der Waals surface area contributed by atoms with Crippen LogP contribution in [0.1, 0.15) is 45.5 Å². The molecule has 0 spiro atoms. The van der Waals surface area contributed by atoms with E-state index in [-0.39, 0.29) is 16.7 Å². The summed E-state index contributed by atoms with van der Waals surface area (Å²) in [7, 11) is 7.26. The van der Waals surface area contributed by atoms with Gasteiger partial charge in [-0.3, -0.25) is 4.90 Å². The molecule has 0 aromatic heterocycles. The summed E-state index contributed by atoms with van der Waals surface area (Å²) >= 11 is 0. The average molecular weight is 593 g/mol. The Morgan fingerprint density at radius 2 is 1.52 bits per heavy atom.